The zero-order chi connectivity index (χ0) is 20.8. The number of carbonyl (C=O) groups is 1. The Morgan fingerprint density at radius 2 is 1.96 bits per heavy atom. The summed E-state index contributed by atoms with van der Waals surface area (Å²) in [6, 6.07) is 5.12. The molecule has 0 radical (unpaired) electrons. The lowest BCUT2D eigenvalue weighted by atomic mass is 10.0. The van der Waals surface area contributed by atoms with Gasteiger partial charge in [0.2, 0.25) is 26.0 Å². The van der Waals surface area contributed by atoms with Gasteiger partial charge in [0.15, 0.2) is 0 Å². The molecule has 1 atom stereocenters. The number of hydrogen-bond acceptors (Lipinski definition) is 5. The molecule has 0 saturated carbocycles. The number of nitrogens with zero attached hydrogens (tertiary/aromatic N) is 1. The van der Waals surface area contributed by atoms with Crippen molar-refractivity contribution in [2.24, 2.45) is 0 Å². The normalized spacial score (nSPS) is 18.7. The summed E-state index contributed by atoms with van der Waals surface area (Å²) in [4.78, 5) is 12.5. The van der Waals surface area contributed by atoms with E-state index in [2.05, 4.69) is 10.0 Å². The molecule has 1 heterocycles. The van der Waals surface area contributed by atoms with Crippen LogP contribution in [0.5, 0.6) is 0 Å². The van der Waals surface area contributed by atoms with Gasteiger partial charge in [-0.3, -0.25) is 4.79 Å². The number of amides is 1. The Morgan fingerprint density at radius 3 is 2.64 bits per heavy atom. The van der Waals surface area contributed by atoms with Crippen molar-refractivity contribution in [3.05, 3.63) is 29.3 Å². The Morgan fingerprint density at radius 1 is 1.21 bits per heavy atom. The van der Waals surface area contributed by atoms with E-state index in [4.69, 9.17) is 11.6 Å². The molecule has 158 valence electrons. The maximum Gasteiger partial charge on any atom is 0.240 e. The first-order valence-corrected chi connectivity index (χ1v) is 12.7. The minimum absolute atomic E-state index is 0.0101. The summed E-state index contributed by atoms with van der Waals surface area (Å²) in [6.07, 6.45) is 2.45. The van der Waals surface area contributed by atoms with Crippen molar-refractivity contribution in [1.82, 2.24) is 14.3 Å². The van der Waals surface area contributed by atoms with Gasteiger partial charge in [0.1, 0.15) is 6.04 Å². The zero-order valence-electron chi connectivity index (χ0n) is 15.7. The van der Waals surface area contributed by atoms with E-state index in [0.717, 1.165) is 12.8 Å². The number of piperidine rings is 1. The van der Waals surface area contributed by atoms with Crippen molar-refractivity contribution in [3.63, 3.8) is 0 Å². The zero-order valence-corrected chi connectivity index (χ0v) is 18.1. The summed E-state index contributed by atoms with van der Waals surface area (Å²) >= 11 is 5.81. The van der Waals surface area contributed by atoms with Crippen molar-refractivity contribution >= 4 is 37.6 Å². The van der Waals surface area contributed by atoms with Crippen molar-refractivity contribution < 1.29 is 21.6 Å². The standard InChI is InChI=1S/C17H26ClN3O5S2/c1-2-12-27(23,24)21-11-4-3-8-16(21)17(22)19-9-10-20-28(25,26)15-7-5-6-14(18)13-15/h5-7,13,16,20H,2-4,8-12H2,1H3,(H,19,22). The molecule has 1 unspecified atom stereocenters. The van der Waals surface area contributed by atoms with E-state index in [0.29, 0.717) is 24.4 Å². The summed E-state index contributed by atoms with van der Waals surface area (Å²) in [5.74, 6) is -0.391. The minimum atomic E-state index is -3.74. The SMILES string of the molecule is CCCS(=O)(=O)N1CCCCC1C(=O)NCCNS(=O)(=O)c1cccc(Cl)c1. The summed E-state index contributed by atoms with van der Waals surface area (Å²) in [7, 11) is -7.21. The average Bonchev–Trinajstić information content (AvgIpc) is 2.65. The molecule has 1 fully saturated rings. The maximum absolute atomic E-state index is 12.5. The summed E-state index contributed by atoms with van der Waals surface area (Å²) in [5.41, 5.74) is 0. The van der Waals surface area contributed by atoms with Gasteiger partial charge in [-0.25, -0.2) is 21.6 Å². The van der Waals surface area contributed by atoms with Crippen molar-refractivity contribution in [2.45, 2.75) is 43.5 Å². The average molecular weight is 452 g/mol. The molecule has 1 amide bonds. The molecule has 1 aromatic rings. The van der Waals surface area contributed by atoms with E-state index in [-0.39, 0.29) is 23.7 Å². The second-order valence-electron chi connectivity index (χ2n) is 6.58. The Balaban J connectivity index is 1.90. The van der Waals surface area contributed by atoms with Crippen LogP contribution < -0.4 is 10.0 Å². The van der Waals surface area contributed by atoms with Crippen LogP contribution in [0.25, 0.3) is 0 Å². The van der Waals surface area contributed by atoms with Crippen LogP contribution in [-0.2, 0) is 24.8 Å². The van der Waals surface area contributed by atoms with E-state index in [1.165, 1.54) is 22.5 Å². The molecule has 1 aliphatic heterocycles. The highest BCUT2D eigenvalue weighted by Gasteiger charge is 2.35. The van der Waals surface area contributed by atoms with Gasteiger partial charge in [0, 0.05) is 24.7 Å². The monoisotopic (exact) mass is 451 g/mol. The topological polar surface area (TPSA) is 113 Å². The number of nitrogens with one attached hydrogen (secondary N) is 2. The van der Waals surface area contributed by atoms with Gasteiger partial charge in [0.05, 0.1) is 10.6 Å². The lowest BCUT2D eigenvalue weighted by Gasteiger charge is -2.33. The molecule has 2 rings (SSSR count). The van der Waals surface area contributed by atoms with E-state index in [1.807, 2.05) is 0 Å². The number of rotatable bonds is 9. The van der Waals surface area contributed by atoms with Crippen molar-refractivity contribution in [2.75, 3.05) is 25.4 Å². The Bertz CT molecular complexity index is 890. The summed E-state index contributed by atoms with van der Waals surface area (Å²) in [5, 5.41) is 2.94. The third kappa shape index (κ3) is 6.15. The van der Waals surface area contributed by atoms with Gasteiger partial charge >= 0.3 is 0 Å². The second-order valence-corrected chi connectivity index (χ2v) is 10.8. The highest BCUT2D eigenvalue weighted by Crippen LogP contribution is 2.21. The molecule has 1 aromatic carbocycles. The number of hydrogen-bond donors (Lipinski definition) is 2. The van der Waals surface area contributed by atoms with Gasteiger partial charge in [-0.2, -0.15) is 4.31 Å². The van der Waals surface area contributed by atoms with Crippen LogP contribution in [-0.4, -0.2) is 58.5 Å². The highest BCUT2D eigenvalue weighted by atomic mass is 35.5. The predicted octanol–water partition coefficient (Wildman–Crippen LogP) is 1.33. The van der Waals surface area contributed by atoms with E-state index >= 15 is 0 Å². The Labute approximate surface area is 171 Å². The molecule has 0 bridgehead atoms. The van der Waals surface area contributed by atoms with E-state index in [1.54, 1.807) is 13.0 Å². The third-order valence-electron chi connectivity index (χ3n) is 4.40. The largest absolute Gasteiger partial charge is 0.353 e. The van der Waals surface area contributed by atoms with Gasteiger partial charge in [0.25, 0.3) is 0 Å². The number of halogens is 1. The highest BCUT2D eigenvalue weighted by molar-refractivity contribution is 7.89. The van der Waals surface area contributed by atoms with Gasteiger partial charge < -0.3 is 5.32 Å². The summed E-state index contributed by atoms with van der Waals surface area (Å²) in [6.45, 7) is 2.15. The summed E-state index contributed by atoms with van der Waals surface area (Å²) < 4.78 is 52.9. The van der Waals surface area contributed by atoms with Crippen LogP contribution in [0.2, 0.25) is 5.02 Å². The quantitative estimate of drug-likeness (QED) is 0.550. The molecule has 1 aliphatic rings. The van der Waals surface area contributed by atoms with Gasteiger partial charge in [-0.05, 0) is 37.5 Å². The number of sulfonamides is 2. The molecule has 0 aliphatic carbocycles. The number of carbonyl (C=O) groups excluding carboxylic acids is 1. The van der Waals surface area contributed by atoms with Crippen LogP contribution in [0.1, 0.15) is 32.6 Å². The molecule has 28 heavy (non-hydrogen) atoms. The molecule has 1 saturated heterocycles. The first-order valence-electron chi connectivity index (χ1n) is 9.20. The second kappa shape index (κ2) is 10.0. The first kappa shape index (κ1) is 23.1. The van der Waals surface area contributed by atoms with Crippen LogP contribution in [0, 0.1) is 0 Å². The van der Waals surface area contributed by atoms with Crippen LogP contribution in [0.3, 0.4) is 0 Å². The fraction of sp³-hybridized carbons (Fsp3) is 0.588. The van der Waals surface area contributed by atoms with Gasteiger partial charge in [-0.15, -0.1) is 0 Å². The molecule has 11 heteroatoms. The Kier molecular flexibility index (Phi) is 8.26. The number of benzene rings is 1. The molecular formula is C17H26ClN3O5S2. The molecule has 2 N–H and O–H groups in total. The van der Waals surface area contributed by atoms with Crippen LogP contribution in [0.15, 0.2) is 29.2 Å². The van der Waals surface area contributed by atoms with Gasteiger partial charge in [-0.1, -0.05) is 31.0 Å². The van der Waals surface area contributed by atoms with Crippen molar-refractivity contribution in [3.8, 4) is 0 Å². The van der Waals surface area contributed by atoms with Crippen LogP contribution in [0.4, 0.5) is 0 Å². The molecule has 8 nitrogen and oxygen atoms in total. The first-order chi connectivity index (χ1) is 13.2. The maximum atomic E-state index is 12.5. The minimum Gasteiger partial charge on any atom is -0.353 e. The molecule has 0 spiro atoms. The Hall–Kier alpha value is -1.20. The fourth-order valence-electron chi connectivity index (χ4n) is 3.08. The fourth-order valence-corrected chi connectivity index (χ4v) is 6.16. The van der Waals surface area contributed by atoms with E-state index in [9.17, 15) is 21.6 Å². The van der Waals surface area contributed by atoms with Crippen LogP contribution >= 0.6 is 11.6 Å². The van der Waals surface area contributed by atoms with E-state index < -0.39 is 32.0 Å². The third-order valence-corrected chi connectivity index (χ3v) is 8.17. The lowest BCUT2D eigenvalue weighted by Crippen LogP contribution is -2.53. The molecule has 0 aromatic heterocycles. The predicted molar refractivity (Wildman–Crippen MR) is 108 cm³/mol. The smallest absolute Gasteiger partial charge is 0.240 e. The lowest BCUT2D eigenvalue weighted by molar-refractivity contribution is -0.125. The van der Waals surface area contributed by atoms with Crippen molar-refractivity contribution in [1.29, 1.82) is 0 Å². The molecular weight excluding hydrogens is 426 g/mol.